The number of esters is 1. The highest BCUT2D eigenvalue weighted by molar-refractivity contribution is 5.71. The van der Waals surface area contributed by atoms with Crippen molar-refractivity contribution in [2.45, 2.75) is 25.9 Å². The van der Waals surface area contributed by atoms with Gasteiger partial charge in [-0.05, 0) is 6.42 Å². The lowest BCUT2D eigenvalue weighted by molar-refractivity contribution is -0.147. The van der Waals surface area contributed by atoms with E-state index in [2.05, 4.69) is 6.92 Å². The lowest BCUT2D eigenvalue weighted by Gasteiger charge is -2.34. The molecule has 0 radical (unpaired) electrons. The summed E-state index contributed by atoms with van der Waals surface area (Å²) in [4.78, 5) is 13.0. The predicted octanol–water partition coefficient (Wildman–Crippen LogP) is 0.00620. The topological polar surface area (TPSA) is 49.8 Å². The van der Waals surface area contributed by atoms with Gasteiger partial charge in [0.25, 0.3) is 0 Å². The highest BCUT2D eigenvalue weighted by atomic mass is 16.5. The number of aliphatic hydroxyl groups excluding tert-OH is 1. The molecule has 0 aromatic carbocycles. The normalized spacial score (nSPS) is 18.3. The largest absolute Gasteiger partial charge is 0.465 e. The van der Waals surface area contributed by atoms with Crippen LogP contribution in [0.1, 0.15) is 19.8 Å². The van der Waals surface area contributed by atoms with Crippen LogP contribution in [0.5, 0.6) is 0 Å². The second-order valence-electron chi connectivity index (χ2n) is 3.42. The number of aliphatic hydroxyl groups is 1. The van der Waals surface area contributed by atoms with Gasteiger partial charge in [0.1, 0.15) is 0 Å². The number of ether oxygens (including phenoxy) is 1. The molecule has 0 unspecified atom stereocenters. The summed E-state index contributed by atoms with van der Waals surface area (Å²) in [6, 6.07) is 0. The molecule has 76 valence electrons. The smallest absolute Gasteiger partial charge is 0.320 e. The second kappa shape index (κ2) is 5.19. The first-order chi connectivity index (χ1) is 6.22. The van der Waals surface area contributed by atoms with Gasteiger partial charge in [0.2, 0.25) is 0 Å². The molecule has 0 aromatic rings. The van der Waals surface area contributed by atoms with Gasteiger partial charge in [-0.3, -0.25) is 9.69 Å². The van der Waals surface area contributed by atoms with E-state index in [4.69, 9.17) is 9.84 Å². The summed E-state index contributed by atoms with van der Waals surface area (Å²) in [5.41, 5.74) is 0. The Bertz CT molecular complexity index is 166. The predicted molar refractivity (Wildman–Crippen MR) is 48.3 cm³/mol. The maximum absolute atomic E-state index is 11.1. The molecule has 4 heteroatoms. The van der Waals surface area contributed by atoms with Crippen LogP contribution in [-0.2, 0) is 9.53 Å². The van der Waals surface area contributed by atoms with Crippen LogP contribution < -0.4 is 0 Å². The van der Waals surface area contributed by atoms with Crippen LogP contribution in [0.15, 0.2) is 0 Å². The molecule has 0 atom stereocenters. The van der Waals surface area contributed by atoms with Gasteiger partial charge in [-0.1, -0.05) is 13.3 Å². The fourth-order valence-electron chi connectivity index (χ4n) is 1.23. The number of carbonyl (C=O) groups excluding carboxylic acids is 1. The van der Waals surface area contributed by atoms with Gasteiger partial charge in [0.05, 0.1) is 19.3 Å². The summed E-state index contributed by atoms with van der Waals surface area (Å²) < 4.78 is 4.96. The van der Waals surface area contributed by atoms with Crippen LogP contribution in [0.4, 0.5) is 0 Å². The monoisotopic (exact) mass is 187 g/mol. The van der Waals surface area contributed by atoms with Crippen molar-refractivity contribution in [2.75, 3.05) is 26.2 Å². The van der Waals surface area contributed by atoms with E-state index in [0.29, 0.717) is 26.2 Å². The van der Waals surface area contributed by atoms with Gasteiger partial charge in [-0.2, -0.15) is 0 Å². The number of β-amino-alcohol motifs (C(OH)–C–C–N with tert-alkyl or cyclic N) is 1. The standard InChI is InChI=1S/C9H17NO3/c1-2-3-4-13-9(12)7-10-5-8(11)6-10/h8,11H,2-7H2,1H3. The number of hydrogen-bond donors (Lipinski definition) is 1. The minimum atomic E-state index is -0.247. The molecule has 0 amide bonds. The van der Waals surface area contributed by atoms with Gasteiger partial charge >= 0.3 is 5.97 Å². The Morgan fingerprint density at radius 3 is 2.85 bits per heavy atom. The van der Waals surface area contributed by atoms with Gasteiger partial charge in [-0.15, -0.1) is 0 Å². The minimum absolute atomic E-state index is 0.180. The maximum Gasteiger partial charge on any atom is 0.320 e. The molecule has 0 bridgehead atoms. The second-order valence-corrected chi connectivity index (χ2v) is 3.42. The molecule has 1 aliphatic heterocycles. The number of carbonyl (C=O) groups is 1. The minimum Gasteiger partial charge on any atom is -0.465 e. The third kappa shape index (κ3) is 3.74. The van der Waals surface area contributed by atoms with E-state index in [1.165, 1.54) is 0 Å². The maximum atomic E-state index is 11.1. The first-order valence-electron chi connectivity index (χ1n) is 4.78. The molecule has 0 saturated carbocycles. The SMILES string of the molecule is CCCCOC(=O)CN1CC(O)C1. The molecule has 0 aliphatic carbocycles. The van der Waals surface area contributed by atoms with Crippen molar-refractivity contribution in [3.63, 3.8) is 0 Å². The summed E-state index contributed by atoms with van der Waals surface area (Å²) in [5, 5.41) is 8.95. The highest BCUT2D eigenvalue weighted by Gasteiger charge is 2.26. The van der Waals surface area contributed by atoms with Crippen molar-refractivity contribution in [3.05, 3.63) is 0 Å². The fourth-order valence-corrected chi connectivity index (χ4v) is 1.23. The molecule has 0 spiro atoms. The first kappa shape index (κ1) is 10.5. The van der Waals surface area contributed by atoms with Crippen LogP contribution in [-0.4, -0.2) is 48.3 Å². The van der Waals surface area contributed by atoms with Crippen molar-refractivity contribution in [1.29, 1.82) is 0 Å². The third-order valence-corrected chi connectivity index (χ3v) is 2.05. The Morgan fingerprint density at radius 1 is 1.62 bits per heavy atom. The molecular weight excluding hydrogens is 170 g/mol. The molecule has 0 aromatic heterocycles. The Kier molecular flexibility index (Phi) is 4.18. The zero-order valence-corrected chi connectivity index (χ0v) is 8.03. The van der Waals surface area contributed by atoms with Crippen molar-refractivity contribution >= 4 is 5.97 Å². The van der Waals surface area contributed by atoms with Gasteiger partial charge in [0, 0.05) is 13.1 Å². The number of hydrogen-bond acceptors (Lipinski definition) is 4. The van der Waals surface area contributed by atoms with Crippen molar-refractivity contribution in [1.82, 2.24) is 4.90 Å². The fraction of sp³-hybridized carbons (Fsp3) is 0.889. The van der Waals surface area contributed by atoms with Crippen molar-refractivity contribution in [2.24, 2.45) is 0 Å². The van der Waals surface area contributed by atoms with Gasteiger partial charge in [0.15, 0.2) is 0 Å². The summed E-state index contributed by atoms with van der Waals surface area (Å²) in [7, 11) is 0. The summed E-state index contributed by atoms with van der Waals surface area (Å²) in [5.74, 6) is -0.180. The van der Waals surface area contributed by atoms with E-state index >= 15 is 0 Å². The van der Waals surface area contributed by atoms with Gasteiger partial charge in [-0.25, -0.2) is 0 Å². The molecule has 1 heterocycles. The number of likely N-dealkylation sites (tertiary alicyclic amines) is 1. The van der Waals surface area contributed by atoms with Crippen LogP contribution >= 0.6 is 0 Å². The van der Waals surface area contributed by atoms with E-state index in [9.17, 15) is 4.79 Å². The van der Waals surface area contributed by atoms with Crippen molar-refractivity contribution in [3.8, 4) is 0 Å². The Hall–Kier alpha value is -0.610. The average Bonchev–Trinajstić information content (AvgIpc) is 2.02. The Labute approximate surface area is 78.5 Å². The number of rotatable bonds is 5. The average molecular weight is 187 g/mol. The lowest BCUT2D eigenvalue weighted by atomic mass is 10.2. The molecular formula is C9H17NO3. The molecule has 1 aliphatic rings. The highest BCUT2D eigenvalue weighted by Crippen LogP contribution is 2.06. The quantitative estimate of drug-likeness (QED) is 0.486. The third-order valence-electron chi connectivity index (χ3n) is 2.05. The van der Waals surface area contributed by atoms with Crippen LogP contribution in [0, 0.1) is 0 Å². The van der Waals surface area contributed by atoms with Crippen LogP contribution in [0.25, 0.3) is 0 Å². The zero-order chi connectivity index (χ0) is 9.68. The van der Waals surface area contributed by atoms with E-state index in [0.717, 1.165) is 12.8 Å². The van der Waals surface area contributed by atoms with Crippen LogP contribution in [0.3, 0.4) is 0 Å². The van der Waals surface area contributed by atoms with E-state index in [1.807, 2.05) is 4.90 Å². The Balaban J connectivity index is 1.98. The summed E-state index contributed by atoms with van der Waals surface area (Å²) in [6.07, 6.45) is 1.72. The lowest BCUT2D eigenvalue weighted by Crippen LogP contribution is -2.52. The van der Waals surface area contributed by atoms with E-state index in [1.54, 1.807) is 0 Å². The number of nitrogens with zero attached hydrogens (tertiary/aromatic N) is 1. The molecule has 1 rings (SSSR count). The number of unbranched alkanes of at least 4 members (excludes halogenated alkanes) is 1. The molecule has 13 heavy (non-hydrogen) atoms. The summed E-state index contributed by atoms with van der Waals surface area (Å²) >= 11 is 0. The first-order valence-corrected chi connectivity index (χ1v) is 4.78. The molecule has 4 nitrogen and oxygen atoms in total. The molecule has 1 N–H and O–H groups in total. The molecule has 1 saturated heterocycles. The van der Waals surface area contributed by atoms with Gasteiger partial charge < -0.3 is 9.84 Å². The van der Waals surface area contributed by atoms with E-state index < -0.39 is 0 Å². The Morgan fingerprint density at radius 2 is 2.31 bits per heavy atom. The zero-order valence-electron chi connectivity index (χ0n) is 8.03. The summed E-state index contributed by atoms with van der Waals surface area (Å²) in [6.45, 7) is 4.10. The van der Waals surface area contributed by atoms with Crippen LogP contribution in [0.2, 0.25) is 0 Å². The van der Waals surface area contributed by atoms with Crippen molar-refractivity contribution < 1.29 is 14.6 Å². The molecule has 1 fully saturated rings. The van der Waals surface area contributed by atoms with E-state index in [-0.39, 0.29) is 12.1 Å².